The average molecular weight is 525 g/mol. The number of rotatable bonds is 8. The van der Waals surface area contributed by atoms with E-state index in [-0.39, 0.29) is 35.5 Å². The van der Waals surface area contributed by atoms with Crippen LogP contribution in [-0.2, 0) is 13.1 Å². The number of para-hydroxylation sites is 2. The summed E-state index contributed by atoms with van der Waals surface area (Å²) in [5.74, 6) is 1.61. The number of halogens is 2. The molecule has 0 radical (unpaired) electrons. The molecule has 0 spiro atoms. The molecular weight excluding hydrogens is 496 g/mol. The van der Waals surface area contributed by atoms with Gasteiger partial charge in [0.25, 0.3) is 0 Å². The number of hydrogen-bond donors (Lipinski definition) is 2. The number of fused-ring (bicyclic) bond motifs is 1. The van der Waals surface area contributed by atoms with E-state index in [1.54, 1.807) is 6.07 Å². The van der Waals surface area contributed by atoms with E-state index in [4.69, 9.17) is 4.74 Å². The van der Waals surface area contributed by atoms with E-state index in [1.165, 1.54) is 13.2 Å². The van der Waals surface area contributed by atoms with Gasteiger partial charge < -0.3 is 19.9 Å². The molecule has 6 nitrogen and oxygen atoms in total. The van der Waals surface area contributed by atoms with Gasteiger partial charge >= 0.3 is 0 Å². The molecule has 0 saturated carbocycles. The topological polar surface area (TPSA) is 63.5 Å². The number of aromatic nitrogens is 2. The van der Waals surface area contributed by atoms with E-state index in [2.05, 4.69) is 31.2 Å². The summed E-state index contributed by atoms with van der Waals surface area (Å²) in [7, 11) is 1.46. The van der Waals surface area contributed by atoms with Crippen molar-refractivity contribution in [3.05, 3.63) is 59.7 Å². The predicted octanol–water partition coefficient (Wildman–Crippen LogP) is 4.26. The quantitative estimate of drug-likeness (QED) is 0.200. The van der Waals surface area contributed by atoms with Crippen molar-refractivity contribution in [1.82, 2.24) is 20.2 Å². The Morgan fingerprint density at radius 3 is 2.73 bits per heavy atom. The molecule has 162 valence electrons. The van der Waals surface area contributed by atoms with Gasteiger partial charge in [-0.1, -0.05) is 18.2 Å². The third kappa shape index (κ3) is 6.07. The average Bonchev–Trinajstić information content (AvgIpc) is 3.04. The molecule has 1 aromatic heterocycles. The van der Waals surface area contributed by atoms with Gasteiger partial charge in [-0.3, -0.25) is 0 Å². The number of nitrogens with zero attached hydrogens (tertiary/aromatic N) is 3. The molecule has 0 atom stereocenters. The lowest BCUT2D eigenvalue weighted by molar-refractivity contribution is 0.386. The van der Waals surface area contributed by atoms with Crippen molar-refractivity contribution in [1.29, 1.82) is 0 Å². The second-order valence-corrected chi connectivity index (χ2v) is 6.74. The summed E-state index contributed by atoms with van der Waals surface area (Å²) in [4.78, 5) is 9.16. The summed E-state index contributed by atoms with van der Waals surface area (Å²) in [6.07, 6.45) is 0.933. The van der Waals surface area contributed by atoms with Gasteiger partial charge in [0, 0.05) is 19.6 Å². The highest BCUT2D eigenvalue weighted by Crippen LogP contribution is 2.18. The largest absolute Gasteiger partial charge is 0.494 e. The number of guanidine groups is 1. The van der Waals surface area contributed by atoms with Crippen LogP contribution in [0.25, 0.3) is 11.0 Å². The van der Waals surface area contributed by atoms with Gasteiger partial charge in [-0.25, -0.2) is 14.4 Å². The lowest BCUT2D eigenvalue weighted by Crippen LogP contribution is -2.38. The number of methoxy groups -OCH3 is 1. The van der Waals surface area contributed by atoms with Gasteiger partial charge in [0.15, 0.2) is 17.5 Å². The van der Waals surface area contributed by atoms with Crippen LogP contribution in [0, 0.1) is 12.7 Å². The SMILES string of the molecule is CCNC(=NCc1ccc(OC)c(F)c1)NCCCn1c(C)nc2ccccc21.I. The molecule has 0 fully saturated rings. The van der Waals surface area contributed by atoms with Crippen LogP contribution in [0.5, 0.6) is 5.75 Å². The normalized spacial score (nSPS) is 11.3. The van der Waals surface area contributed by atoms with Crippen molar-refractivity contribution < 1.29 is 9.13 Å². The maximum absolute atomic E-state index is 13.8. The van der Waals surface area contributed by atoms with Gasteiger partial charge in [0.1, 0.15) is 5.82 Å². The molecule has 3 rings (SSSR count). The Bertz CT molecular complexity index is 989. The fourth-order valence-corrected chi connectivity index (χ4v) is 3.24. The summed E-state index contributed by atoms with van der Waals surface area (Å²) in [6, 6.07) is 13.1. The summed E-state index contributed by atoms with van der Waals surface area (Å²) >= 11 is 0. The summed E-state index contributed by atoms with van der Waals surface area (Å²) in [5, 5.41) is 6.57. The van der Waals surface area contributed by atoms with Crippen LogP contribution in [0.3, 0.4) is 0 Å². The van der Waals surface area contributed by atoms with Crippen LogP contribution in [-0.4, -0.2) is 35.7 Å². The van der Waals surface area contributed by atoms with Crippen molar-refractivity contribution in [2.45, 2.75) is 33.4 Å². The van der Waals surface area contributed by atoms with Crippen LogP contribution >= 0.6 is 24.0 Å². The van der Waals surface area contributed by atoms with Crippen molar-refractivity contribution in [3.8, 4) is 5.75 Å². The number of hydrogen-bond acceptors (Lipinski definition) is 3. The van der Waals surface area contributed by atoms with Gasteiger partial charge in [-0.15, -0.1) is 24.0 Å². The molecule has 0 saturated heterocycles. The van der Waals surface area contributed by atoms with Crippen LogP contribution in [0.15, 0.2) is 47.5 Å². The molecule has 8 heteroatoms. The van der Waals surface area contributed by atoms with Crippen LogP contribution in [0.4, 0.5) is 4.39 Å². The fourth-order valence-electron chi connectivity index (χ4n) is 3.24. The molecule has 3 aromatic rings. The highest BCUT2D eigenvalue weighted by molar-refractivity contribution is 14.0. The van der Waals surface area contributed by atoms with Crippen molar-refractivity contribution in [2.75, 3.05) is 20.2 Å². The Morgan fingerprint density at radius 2 is 2.00 bits per heavy atom. The first kappa shape index (κ1) is 23.9. The minimum Gasteiger partial charge on any atom is -0.494 e. The molecule has 0 aliphatic carbocycles. The lowest BCUT2D eigenvalue weighted by atomic mass is 10.2. The van der Waals surface area contributed by atoms with Crippen molar-refractivity contribution in [3.63, 3.8) is 0 Å². The number of aryl methyl sites for hydroxylation is 2. The summed E-state index contributed by atoms with van der Waals surface area (Å²) in [5.41, 5.74) is 2.98. The number of nitrogens with one attached hydrogen (secondary N) is 2. The Kier molecular flexibility index (Phi) is 9.35. The molecular formula is C22H29FIN5O. The van der Waals surface area contributed by atoms with E-state index in [1.807, 2.05) is 38.1 Å². The predicted molar refractivity (Wildman–Crippen MR) is 130 cm³/mol. The maximum Gasteiger partial charge on any atom is 0.191 e. The van der Waals surface area contributed by atoms with Crippen LogP contribution in [0.1, 0.15) is 24.7 Å². The smallest absolute Gasteiger partial charge is 0.191 e. The van der Waals surface area contributed by atoms with E-state index in [0.29, 0.717) is 6.54 Å². The van der Waals surface area contributed by atoms with Gasteiger partial charge in [-0.05, 0) is 50.1 Å². The summed E-state index contributed by atoms with van der Waals surface area (Å²) in [6.45, 7) is 6.85. The molecule has 30 heavy (non-hydrogen) atoms. The second kappa shape index (κ2) is 11.7. The molecule has 1 heterocycles. The zero-order valence-corrected chi connectivity index (χ0v) is 19.9. The van der Waals surface area contributed by atoms with E-state index in [0.717, 1.165) is 54.4 Å². The van der Waals surface area contributed by atoms with E-state index < -0.39 is 0 Å². The van der Waals surface area contributed by atoms with E-state index in [9.17, 15) is 4.39 Å². The van der Waals surface area contributed by atoms with Crippen molar-refractivity contribution >= 4 is 41.0 Å². The van der Waals surface area contributed by atoms with Gasteiger partial charge in [0.2, 0.25) is 0 Å². The van der Waals surface area contributed by atoms with Crippen molar-refractivity contribution in [2.24, 2.45) is 4.99 Å². The Morgan fingerprint density at radius 1 is 1.20 bits per heavy atom. The third-order valence-electron chi connectivity index (χ3n) is 4.68. The highest BCUT2D eigenvalue weighted by Gasteiger charge is 2.07. The molecule has 2 N–H and O–H groups in total. The second-order valence-electron chi connectivity index (χ2n) is 6.74. The molecule has 0 aliphatic rings. The van der Waals surface area contributed by atoms with Gasteiger partial charge in [-0.2, -0.15) is 0 Å². The monoisotopic (exact) mass is 525 g/mol. The number of ether oxygens (including phenoxy) is 1. The highest BCUT2D eigenvalue weighted by atomic mass is 127. The van der Waals surface area contributed by atoms with Crippen LogP contribution < -0.4 is 15.4 Å². The standard InChI is InChI=1S/C22H28FN5O.HI/c1-4-24-22(26-15-17-10-11-21(29-3)18(23)14-17)25-12-7-13-28-16(2)27-19-8-5-6-9-20(19)28;/h5-6,8-11,14H,4,7,12-13,15H2,1-3H3,(H2,24,25,26);1H. The van der Waals surface area contributed by atoms with Gasteiger partial charge in [0.05, 0.1) is 24.7 Å². The third-order valence-corrected chi connectivity index (χ3v) is 4.68. The zero-order valence-electron chi connectivity index (χ0n) is 17.6. The van der Waals surface area contributed by atoms with E-state index >= 15 is 0 Å². The molecule has 0 amide bonds. The Balaban J connectivity index is 0.00000320. The number of imidazole rings is 1. The fraction of sp³-hybridized carbons (Fsp3) is 0.364. The first-order valence-electron chi connectivity index (χ1n) is 9.88. The molecule has 0 unspecified atom stereocenters. The maximum atomic E-state index is 13.8. The molecule has 0 bridgehead atoms. The molecule has 0 aliphatic heterocycles. The van der Waals surface area contributed by atoms with Crippen LogP contribution in [0.2, 0.25) is 0 Å². The Labute approximate surface area is 194 Å². The lowest BCUT2D eigenvalue weighted by Gasteiger charge is -2.12. The first-order valence-corrected chi connectivity index (χ1v) is 9.88. The minimum absolute atomic E-state index is 0. The molecule has 2 aromatic carbocycles. The summed E-state index contributed by atoms with van der Waals surface area (Å²) < 4.78 is 21.0. The minimum atomic E-state index is -0.374. The first-order chi connectivity index (χ1) is 14.1. The zero-order chi connectivity index (χ0) is 20.6. The number of aliphatic imine (C=N–C) groups is 1. The Hall–Kier alpha value is -2.36. The number of benzene rings is 2.